The monoisotopic (exact) mass is 167 g/mol. The summed E-state index contributed by atoms with van der Waals surface area (Å²) in [6.07, 6.45) is 2.28. The van der Waals surface area contributed by atoms with Crippen LogP contribution in [0, 0.1) is 11.3 Å². The van der Waals surface area contributed by atoms with Crippen LogP contribution in [-0.2, 0) is 4.79 Å². The molecule has 2 heterocycles. The summed E-state index contributed by atoms with van der Waals surface area (Å²) < 4.78 is 0. The van der Waals surface area contributed by atoms with Crippen molar-refractivity contribution >= 4 is 5.91 Å². The van der Waals surface area contributed by atoms with E-state index in [4.69, 9.17) is 0 Å². The van der Waals surface area contributed by atoms with Gasteiger partial charge in [0.1, 0.15) is 0 Å². The number of carbonyl (C=O) groups excluding carboxylic acids is 1. The van der Waals surface area contributed by atoms with Crippen LogP contribution in [0.5, 0.6) is 0 Å². The van der Waals surface area contributed by atoms with Gasteiger partial charge in [0.05, 0.1) is 0 Å². The highest BCUT2D eigenvalue weighted by molar-refractivity contribution is 5.81. The molecule has 0 aromatic rings. The Bertz CT molecular complexity index is 222. The molecule has 2 rings (SSSR count). The van der Waals surface area contributed by atoms with E-state index in [9.17, 15) is 4.79 Å². The van der Waals surface area contributed by atoms with Gasteiger partial charge >= 0.3 is 0 Å². The molecule has 2 nitrogen and oxygen atoms in total. The normalized spacial score (nSPS) is 38.9. The van der Waals surface area contributed by atoms with Crippen LogP contribution in [0.4, 0.5) is 0 Å². The third-order valence-electron chi connectivity index (χ3n) is 3.16. The van der Waals surface area contributed by atoms with Crippen molar-refractivity contribution in [2.75, 3.05) is 6.54 Å². The zero-order valence-corrected chi connectivity index (χ0v) is 8.13. The van der Waals surface area contributed by atoms with Gasteiger partial charge in [-0.15, -0.1) is 0 Å². The highest BCUT2D eigenvalue weighted by atomic mass is 16.2. The summed E-state index contributed by atoms with van der Waals surface area (Å²) in [6.45, 7) is 7.53. The summed E-state index contributed by atoms with van der Waals surface area (Å²) in [5.41, 5.74) is 0.362. The van der Waals surface area contributed by atoms with Gasteiger partial charge in [0.15, 0.2) is 0 Å². The molecule has 0 N–H and O–H groups in total. The van der Waals surface area contributed by atoms with E-state index in [0.717, 1.165) is 13.0 Å². The molecule has 0 bridgehead atoms. The maximum Gasteiger partial charge on any atom is 0.225 e. The van der Waals surface area contributed by atoms with Gasteiger partial charge in [0.25, 0.3) is 0 Å². The minimum Gasteiger partial charge on any atom is -0.339 e. The Morgan fingerprint density at radius 2 is 2.17 bits per heavy atom. The molecule has 68 valence electrons. The van der Waals surface area contributed by atoms with Crippen LogP contribution in [0.3, 0.4) is 0 Å². The molecule has 2 heteroatoms. The quantitative estimate of drug-likeness (QED) is 0.537. The summed E-state index contributed by atoms with van der Waals surface area (Å²) in [5, 5.41) is 0. The van der Waals surface area contributed by atoms with E-state index < -0.39 is 0 Å². The molecule has 0 saturated carbocycles. The van der Waals surface area contributed by atoms with Crippen molar-refractivity contribution in [3.63, 3.8) is 0 Å². The van der Waals surface area contributed by atoms with Crippen LogP contribution in [0.25, 0.3) is 0 Å². The van der Waals surface area contributed by atoms with Crippen LogP contribution in [-0.4, -0.2) is 23.4 Å². The maximum atomic E-state index is 11.6. The maximum absolute atomic E-state index is 11.6. The van der Waals surface area contributed by atoms with E-state index in [1.54, 1.807) is 0 Å². The molecule has 0 spiro atoms. The zero-order chi connectivity index (χ0) is 8.93. The first-order valence-corrected chi connectivity index (χ1v) is 4.80. The zero-order valence-electron chi connectivity index (χ0n) is 8.13. The lowest BCUT2D eigenvalue weighted by atomic mass is 9.88. The van der Waals surface area contributed by atoms with Crippen molar-refractivity contribution in [3.8, 4) is 0 Å². The summed E-state index contributed by atoms with van der Waals surface area (Å²) in [4.78, 5) is 13.7. The topological polar surface area (TPSA) is 20.3 Å². The Morgan fingerprint density at radius 3 is 2.75 bits per heavy atom. The predicted molar refractivity (Wildman–Crippen MR) is 47.7 cm³/mol. The summed E-state index contributed by atoms with van der Waals surface area (Å²) >= 11 is 0. The summed E-state index contributed by atoms with van der Waals surface area (Å²) in [6, 6.07) is 0.558. The molecule has 1 amide bonds. The lowest BCUT2D eigenvalue weighted by molar-refractivity contribution is -0.131. The van der Waals surface area contributed by atoms with E-state index in [1.807, 2.05) is 6.92 Å². The summed E-state index contributed by atoms with van der Waals surface area (Å²) in [7, 11) is 0. The van der Waals surface area contributed by atoms with Crippen molar-refractivity contribution in [2.45, 2.75) is 39.7 Å². The number of fused-ring (bicyclic) bond motifs is 1. The number of hydrogen-bond acceptors (Lipinski definition) is 1. The second kappa shape index (κ2) is 2.24. The molecule has 12 heavy (non-hydrogen) atoms. The van der Waals surface area contributed by atoms with E-state index >= 15 is 0 Å². The Kier molecular flexibility index (Phi) is 1.51. The fourth-order valence-electron chi connectivity index (χ4n) is 2.66. The van der Waals surface area contributed by atoms with Gasteiger partial charge in [-0.3, -0.25) is 4.79 Å². The third kappa shape index (κ3) is 1.05. The van der Waals surface area contributed by atoms with Gasteiger partial charge in [0, 0.05) is 18.5 Å². The lowest BCUT2D eigenvalue weighted by Gasteiger charge is -2.18. The van der Waals surface area contributed by atoms with Gasteiger partial charge in [-0.1, -0.05) is 20.8 Å². The fourth-order valence-corrected chi connectivity index (χ4v) is 2.66. The van der Waals surface area contributed by atoms with Gasteiger partial charge in [-0.05, 0) is 18.3 Å². The van der Waals surface area contributed by atoms with E-state index in [1.165, 1.54) is 6.42 Å². The molecule has 0 aromatic heterocycles. The van der Waals surface area contributed by atoms with Gasteiger partial charge < -0.3 is 4.90 Å². The SMILES string of the molecule is C[C@H]1C[C@H]2CC(C)(C)CN2C1=O. The van der Waals surface area contributed by atoms with Crippen LogP contribution >= 0.6 is 0 Å². The molecular formula is C10H17NO. The number of carbonyl (C=O) groups is 1. The Balaban J connectivity index is 2.16. The van der Waals surface area contributed by atoms with Crippen molar-refractivity contribution in [2.24, 2.45) is 11.3 Å². The van der Waals surface area contributed by atoms with E-state index in [0.29, 0.717) is 17.4 Å². The molecule has 0 unspecified atom stereocenters. The number of hydrogen-bond donors (Lipinski definition) is 0. The predicted octanol–water partition coefficient (Wildman–Crippen LogP) is 1.65. The molecule has 2 saturated heterocycles. The van der Waals surface area contributed by atoms with Crippen LogP contribution in [0.1, 0.15) is 33.6 Å². The first-order chi connectivity index (χ1) is 5.49. The van der Waals surface area contributed by atoms with Gasteiger partial charge in [-0.25, -0.2) is 0 Å². The number of amides is 1. The number of rotatable bonds is 0. The highest BCUT2D eigenvalue weighted by Crippen LogP contribution is 2.41. The van der Waals surface area contributed by atoms with Crippen molar-refractivity contribution in [1.82, 2.24) is 4.90 Å². The average molecular weight is 167 g/mol. The van der Waals surface area contributed by atoms with Gasteiger partial charge in [-0.2, -0.15) is 0 Å². The first-order valence-electron chi connectivity index (χ1n) is 4.80. The van der Waals surface area contributed by atoms with Crippen molar-refractivity contribution in [3.05, 3.63) is 0 Å². The second-order valence-corrected chi connectivity index (χ2v) is 5.13. The first kappa shape index (κ1) is 8.09. The molecule has 2 atom stereocenters. The van der Waals surface area contributed by atoms with Crippen molar-refractivity contribution < 1.29 is 4.79 Å². The number of nitrogens with zero attached hydrogens (tertiary/aromatic N) is 1. The molecule has 2 aliphatic heterocycles. The Hall–Kier alpha value is -0.530. The van der Waals surface area contributed by atoms with E-state index in [-0.39, 0.29) is 5.92 Å². The molecule has 0 radical (unpaired) electrons. The molecule has 0 aromatic carbocycles. The molecule has 2 fully saturated rings. The van der Waals surface area contributed by atoms with E-state index in [2.05, 4.69) is 18.7 Å². The minimum absolute atomic E-state index is 0.283. The van der Waals surface area contributed by atoms with Crippen LogP contribution in [0.15, 0.2) is 0 Å². The lowest BCUT2D eigenvalue weighted by Crippen LogP contribution is -2.30. The molecule has 0 aliphatic carbocycles. The second-order valence-electron chi connectivity index (χ2n) is 5.13. The third-order valence-corrected chi connectivity index (χ3v) is 3.16. The largest absolute Gasteiger partial charge is 0.339 e. The van der Waals surface area contributed by atoms with Crippen molar-refractivity contribution in [1.29, 1.82) is 0 Å². The van der Waals surface area contributed by atoms with Crippen LogP contribution in [0.2, 0.25) is 0 Å². The molecule has 2 aliphatic rings. The fraction of sp³-hybridized carbons (Fsp3) is 0.900. The standard InChI is InChI=1S/C10H17NO/c1-7-4-8-5-10(2,3)6-11(8)9(7)12/h7-8H,4-6H2,1-3H3/t7-,8-/m0/s1. The Morgan fingerprint density at radius 1 is 1.50 bits per heavy atom. The highest BCUT2D eigenvalue weighted by Gasteiger charge is 2.46. The average Bonchev–Trinajstić information content (AvgIpc) is 2.33. The van der Waals surface area contributed by atoms with Gasteiger partial charge in [0.2, 0.25) is 5.91 Å². The Labute approximate surface area is 73.9 Å². The minimum atomic E-state index is 0.283. The summed E-state index contributed by atoms with van der Waals surface area (Å²) in [5.74, 6) is 0.664. The van der Waals surface area contributed by atoms with Crippen LogP contribution < -0.4 is 0 Å². The smallest absolute Gasteiger partial charge is 0.225 e. The molecular weight excluding hydrogens is 150 g/mol.